The van der Waals surface area contributed by atoms with Gasteiger partial charge < -0.3 is 0 Å². The van der Waals surface area contributed by atoms with E-state index in [-0.39, 0.29) is 5.57 Å². The number of nitrogens with zero attached hydrogens (tertiary/aromatic N) is 1. The van der Waals surface area contributed by atoms with Crippen LogP contribution >= 0.6 is 11.6 Å². The molecule has 0 saturated carbocycles. The van der Waals surface area contributed by atoms with E-state index in [2.05, 4.69) is 5.32 Å². The Hall–Kier alpha value is -2.92. The SMILES string of the molecule is Cc1cc(C)c(N2C(=O)NC(=O)/C(=C\c3ccccc3Cl)C2=O)c(C)c1. The smallest absolute Gasteiger partial charge is 0.273 e. The van der Waals surface area contributed by atoms with E-state index in [1.165, 1.54) is 6.08 Å². The second kappa shape index (κ2) is 6.77. The molecule has 1 aliphatic rings. The fraction of sp³-hybridized carbons (Fsp3) is 0.150. The van der Waals surface area contributed by atoms with Crippen LogP contribution in [0.3, 0.4) is 0 Å². The number of benzene rings is 2. The predicted octanol–water partition coefficient (Wildman–Crippen LogP) is 3.93. The van der Waals surface area contributed by atoms with Crippen molar-refractivity contribution >= 4 is 41.2 Å². The molecule has 0 atom stereocenters. The molecule has 132 valence electrons. The minimum Gasteiger partial charge on any atom is -0.273 e. The summed E-state index contributed by atoms with van der Waals surface area (Å²) < 4.78 is 0. The van der Waals surface area contributed by atoms with Gasteiger partial charge in [-0.1, -0.05) is 47.5 Å². The highest BCUT2D eigenvalue weighted by Crippen LogP contribution is 2.30. The first-order valence-corrected chi connectivity index (χ1v) is 8.41. The largest absolute Gasteiger partial charge is 0.335 e. The Kier molecular flexibility index (Phi) is 4.66. The van der Waals surface area contributed by atoms with Crippen molar-refractivity contribution in [3.8, 4) is 0 Å². The Morgan fingerprint density at radius 1 is 1.00 bits per heavy atom. The van der Waals surface area contributed by atoms with Crippen LogP contribution in [-0.4, -0.2) is 17.8 Å². The van der Waals surface area contributed by atoms with Crippen LogP contribution < -0.4 is 10.2 Å². The van der Waals surface area contributed by atoms with Gasteiger partial charge in [-0.25, -0.2) is 9.69 Å². The molecule has 1 N–H and O–H groups in total. The van der Waals surface area contributed by atoms with Gasteiger partial charge in [-0.3, -0.25) is 14.9 Å². The summed E-state index contributed by atoms with van der Waals surface area (Å²) in [6.45, 7) is 5.59. The summed E-state index contributed by atoms with van der Waals surface area (Å²) in [6.07, 6.45) is 1.40. The van der Waals surface area contributed by atoms with Crippen LogP contribution in [-0.2, 0) is 9.59 Å². The number of carbonyl (C=O) groups excluding carboxylic acids is 3. The number of hydrogen-bond acceptors (Lipinski definition) is 3. The molecule has 0 radical (unpaired) electrons. The van der Waals surface area contributed by atoms with Crippen molar-refractivity contribution in [2.45, 2.75) is 20.8 Å². The van der Waals surface area contributed by atoms with Gasteiger partial charge in [0.2, 0.25) is 0 Å². The number of anilines is 1. The number of rotatable bonds is 2. The maximum absolute atomic E-state index is 13.0. The lowest BCUT2D eigenvalue weighted by atomic mass is 10.0. The molecule has 1 saturated heterocycles. The van der Waals surface area contributed by atoms with E-state index in [0.29, 0.717) is 16.3 Å². The summed E-state index contributed by atoms with van der Waals surface area (Å²) in [6, 6.07) is 9.87. The summed E-state index contributed by atoms with van der Waals surface area (Å²) in [5.74, 6) is -1.41. The van der Waals surface area contributed by atoms with E-state index in [4.69, 9.17) is 11.6 Å². The molecule has 26 heavy (non-hydrogen) atoms. The van der Waals surface area contributed by atoms with Crippen molar-refractivity contribution in [1.82, 2.24) is 5.32 Å². The summed E-state index contributed by atoms with van der Waals surface area (Å²) in [5, 5.41) is 2.64. The van der Waals surface area contributed by atoms with Crippen molar-refractivity contribution in [2.24, 2.45) is 0 Å². The van der Waals surface area contributed by atoms with Gasteiger partial charge in [0, 0.05) is 5.02 Å². The molecular weight excluding hydrogens is 352 g/mol. The molecule has 0 aliphatic carbocycles. The average Bonchev–Trinajstić information content (AvgIpc) is 2.55. The van der Waals surface area contributed by atoms with Crippen LogP contribution in [0, 0.1) is 20.8 Å². The average molecular weight is 369 g/mol. The van der Waals surface area contributed by atoms with Gasteiger partial charge in [-0.15, -0.1) is 0 Å². The van der Waals surface area contributed by atoms with Gasteiger partial charge in [-0.2, -0.15) is 0 Å². The molecule has 0 aromatic heterocycles. The van der Waals surface area contributed by atoms with Gasteiger partial charge in [0.1, 0.15) is 5.57 Å². The maximum atomic E-state index is 13.0. The van der Waals surface area contributed by atoms with E-state index in [0.717, 1.165) is 21.6 Å². The molecule has 0 unspecified atom stereocenters. The summed E-state index contributed by atoms with van der Waals surface area (Å²) in [7, 11) is 0. The van der Waals surface area contributed by atoms with Gasteiger partial charge in [0.15, 0.2) is 0 Å². The molecule has 1 aliphatic heterocycles. The van der Waals surface area contributed by atoms with E-state index in [9.17, 15) is 14.4 Å². The Morgan fingerprint density at radius 3 is 2.23 bits per heavy atom. The number of aryl methyl sites for hydroxylation is 3. The number of urea groups is 1. The Labute approximate surface area is 156 Å². The van der Waals surface area contributed by atoms with E-state index >= 15 is 0 Å². The zero-order valence-corrected chi connectivity index (χ0v) is 15.3. The zero-order chi connectivity index (χ0) is 19.0. The lowest BCUT2D eigenvalue weighted by Gasteiger charge is -2.29. The molecule has 2 aromatic rings. The topological polar surface area (TPSA) is 66.5 Å². The van der Waals surface area contributed by atoms with E-state index < -0.39 is 17.8 Å². The van der Waals surface area contributed by atoms with Crippen molar-refractivity contribution in [2.75, 3.05) is 4.90 Å². The molecule has 2 aromatic carbocycles. The number of nitrogens with one attached hydrogen (secondary N) is 1. The highest BCUT2D eigenvalue weighted by atomic mass is 35.5. The number of halogens is 1. The molecular formula is C20H17ClN2O3. The van der Waals surface area contributed by atoms with Crippen molar-refractivity contribution in [1.29, 1.82) is 0 Å². The van der Waals surface area contributed by atoms with Crippen molar-refractivity contribution in [3.05, 3.63) is 69.2 Å². The molecule has 6 heteroatoms. The second-order valence-electron chi connectivity index (χ2n) is 6.23. The van der Waals surface area contributed by atoms with Crippen LogP contribution in [0.15, 0.2) is 42.0 Å². The third-order valence-electron chi connectivity index (χ3n) is 4.17. The van der Waals surface area contributed by atoms with Crippen LogP contribution in [0.4, 0.5) is 10.5 Å². The fourth-order valence-corrected chi connectivity index (χ4v) is 3.32. The molecule has 0 spiro atoms. The standard InChI is InChI=1S/C20H17ClN2O3/c1-11-8-12(2)17(13(3)9-11)23-19(25)15(18(24)22-20(23)26)10-14-6-4-5-7-16(14)21/h4-10H,1-3H3,(H,22,24,26)/b15-10+. The maximum Gasteiger partial charge on any atom is 0.335 e. The van der Waals surface area contributed by atoms with Crippen LogP contribution in [0.1, 0.15) is 22.3 Å². The molecule has 1 heterocycles. The van der Waals surface area contributed by atoms with Gasteiger partial charge in [-0.05, 0) is 49.6 Å². The zero-order valence-electron chi connectivity index (χ0n) is 14.6. The number of carbonyl (C=O) groups is 3. The Balaban J connectivity index is 2.12. The molecule has 3 rings (SSSR count). The molecule has 1 fully saturated rings. The quantitative estimate of drug-likeness (QED) is 0.645. The summed E-state index contributed by atoms with van der Waals surface area (Å²) in [5.41, 5.74) is 3.44. The minimum absolute atomic E-state index is 0.142. The highest BCUT2D eigenvalue weighted by molar-refractivity contribution is 6.40. The van der Waals surface area contributed by atoms with Crippen molar-refractivity contribution < 1.29 is 14.4 Å². The number of imide groups is 2. The van der Waals surface area contributed by atoms with E-state index in [1.54, 1.807) is 24.3 Å². The van der Waals surface area contributed by atoms with Gasteiger partial charge >= 0.3 is 6.03 Å². The Morgan fingerprint density at radius 2 is 1.62 bits per heavy atom. The van der Waals surface area contributed by atoms with Gasteiger partial charge in [0.05, 0.1) is 5.69 Å². The fourth-order valence-electron chi connectivity index (χ4n) is 3.13. The van der Waals surface area contributed by atoms with Crippen molar-refractivity contribution in [3.63, 3.8) is 0 Å². The summed E-state index contributed by atoms with van der Waals surface area (Å²) >= 11 is 6.12. The predicted molar refractivity (Wildman–Crippen MR) is 101 cm³/mol. The van der Waals surface area contributed by atoms with E-state index in [1.807, 2.05) is 32.9 Å². The first kappa shape index (κ1) is 17.9. The number of hydrogen-bond donors (Lipinski definition) is 1. The van der Waals surface area contributed by atoms with Crippen LogP contribution in [0.2, 0.25) is 5.02 Å². The third-order valence-corrected chi connectivity index (χ3v) is 4.51. The summed E-state index contributed by atoms with van der Waals surface area (Å²) in [4.78, 5) is 38.6. The Bertz CT molecular complexity index is 956. The number of amides is 4. The lowest BCUT2D eigenvalue weighted by Crippen LogP contribution is -2.54. The highest BCUT2D eigenvalue weighted by Gasteiger charge is 2.38. The number of barbiturate groups is 1. The third kappa shape index (κ3) is 3.13. The molecule has 5 nitrogen and oxygen atoms in total. The van der Waals surface area contributed by atoms with Crippen LogP contribution in [0.25, 0.3) is 6.08 Å². The first-order chi connectivity index (χ1) is 12.3. The monoisotopic (exact) mass is 368 g/mol. The first-order valence-electron chi connectivity index (χ1n) is 8.03. The lowest BCUT2D eigenvalue weighted by molar-refractivity contribution is -0.122. The van der Waals surface area contributed by atoms with Crippen LogP contribution in [0.5, 0.6) is 0 Å². The minimum atomic E-state index is -0.758. The molecule has 4 amide bonds. The molecule has 0 bridgehead atoms. The van der Waals surface area contributed by atoms with Gasteiger partial charge in [0.25, 0.3) is 11.8 Å². The second-order valence-corrected chi connectivity index (χ2v) is 6.63. The normalized spacial score (nSPS) is 16.2.